The summed E-state index contributed by atoms with van der Waals surface area (Å²) in [6, 6.07) is -0.214. The third-order valence-corrected chi connectivity index (χ3v) is 3.34. The van der Waals surface area contributed by atoms with E-state index in [9.17, 15) is 14.4 Å². The summed E-state index contributed by atoms with van der Waals surface area (Å²) in [4.78, 5) is 35.5. The van der Waals surface area contributed by atoms with E-state index in [1.54, 1.807) is 0 Å². The number of amides is 2. The first-order valence-corrected chi connectivity index (χ1v) is 6.66. The van der Waals surface area contributed by atoms with Gasteiger partial charge in [-0.05, 0) is 5.92 Å². The molecule has 1 rings (SSSR count). The van der Waals surface area contributed by atoms with E-state index in [-0.39, 0.29) is 48.4 Å². The fraction of sp³-hybridized carbons (Fsp3) is 0.727. The fourth-order valence-electron chi connectivity index (χ4n) is 1.65. The average molecular weight is 306 g/mol. The van der Waals surface area contributed by atoms with Gasteiger partial charge in [0.15, 0.2) is 0 Å². The molecule has 1 heterocycles. The second-order valence-corrected chi connectivity index (χ2v) is 4.89. The Bertz CT molecular complexity index is 329. The maximum atomic E-state index is 11.8. The van der Waals surface area contributed by atoms with E-state index in [0.717, 1.165) is 4.90 Å². The predicted molar refractivity (Wildman–Crippen MR) is 64.9 cm³/mol. The lowest BCUT2D eigenvalue weighted by molar-refractivity contribution is -0.131. The predicted octanol–water partition coefficient (Wildman–Crippen LogP) is 1.73. The number of ether oxygens (including phenoxy) is 1. The van der Waals surface area contributed by atoms with Crippen LogP contribution in [0.2, 0.25) is 0 Å². The maximum absolute atomic E-state index is 11.8. The monoisotopic (exact) mass is 305 g/mol. The molecule has 0 aromatic rings. The Hall–Kier alpha value is -0.910. The lowest BCUT2D eigenvalue weighted by Crippen LogP contribution is -2.41. The second kappa shape index (κ2) is 6.14. The number of rotatable bonds is 5. The lowest BCUT2D eigenvalue weighted by Gasteiger charge is -2.22. The van der Waals surface area contributed by atoms with Gasteiger partial charge in [-0.3, -0.25) is 9.59 Å². The molecule has 1 aliphatic rings. The number of carbonyl (C=O) groups is 3. The zero-order valence-corrected chi connectivity index (χ0v) is 11.5. The van der Waals surface area contributed by atoms with Crippen LogP contribution in [0.15, 0.2) is 0 Å². The highest BCUT2D eigenvalue weighted by atomic mass is 79.9. The van der Waals surface area contributed by atoms with Gasteiger partial charge in [-0.15, -0.1) is 0 Å². The first-order chi connectivity index (χ1) is 7.97. The van der Waals surface area contributed by atoms with Gasteiger partial charge >= 0.3 is 6.09 Å². The second-order valence-electron chi connectivity index (χ2n) is 4.32. The van der Waals surface area contributed by atoms with E-state index >= 15 is 0 Å². The summed E-state index contributed by atoms with van der Waals surface area (Å²) in [5.41, 5.74) is 0. The molecule has 0 aliphatic carbocycles. The van der Waals surface area contributed by atoms with Crippen molar-refractivity contribution in [1.82, 2.24) is 4.90 Å². The van der Waals surface area contributed by atoms with Crippen LogP contribution < -0.4 is 0 Å². The molecule has 1 aliphatic heterocycles. The molecule has 1 fully saturated rings. The number of hydrogen-bond acceptors (Lipinski definition) is 4. The zero-order chi connectivity index (χ0) is 13.0. The molecule has 0 aromatic heterocycles. The Labute approximate surface area is 109 Å². The zero-order valence-electron chi connectivity index (χ0n) is 9.94. The Morgan fingerprint density at radius 1 is 1.47 bits per heavy atom. The molecule has 1 atom stereocenters. The number of imide groups is 1. The van der Waals surface area contributed by atoms with E-state index in [1.807, 2.05) is 13.8 Å². The third kappa shape index (κ3) is 3.52. The van der Waals surface area contributed by atoms with Crippen molar-refractivity contribution in [3.63, 3.8) is 0 Å². The van der Waals surface area contributed by atoms with Gasteiger partial charge in [-0.2, -0.15) is 0 Å². The van der Waals surface area contributed by atoms with Crippen LogP contribution in [0.25, 0.3) is 0 Å². The summed E-state index contributed by atoms with van der Waals surface area (Å²) in [7, 11) is 0. The quantitative estimate of drug-likeness (QED) is 0.726. The van der Waals surface area contributed by atoms with Gasteiger partial charge in [-0.1, -0.05) is 29.8 Å². The number of nitrogens with zero attached hydrogens (tertiary/aromatic N) is 1. The van der Waals surface area contributed by atoms with Gasteiger partial charge in [0.1, 0.15) is 12.4 Å². The number of halogens is 1. The molecule has 0 N–H and O–H groups in total. The molecule has 96 valence electrons. The van der Waals surface area contributed by atoms with E-state index in [1.165, 1.54) is 0 Å². The van der Waals surface area contributed by atoms with Crippen LogP contribution in [0.3, 0.4) is 0 Å². The van der Waals surface area contributed by atoms with Crippen LogP contribution in [0.1, 0.15) is 26.7 Å². The summed E-state index contributed by atoms with van der Waals surface area (Å²) >= 11 is 3.03. The average Bonchev–Trinajstić information content (AvgIpc) is 2.67. The highest BCUT2D eigenvalue weighted by molar-refractivity contribution is 9.09. The summed E-state index contributed by atoms with van der Waals surface area (Å²) in [5, 5.41) is 0.234. The highest BCUT2D eigenvalue weighted by Gasteiger charge is 2.39. The van der Waals surface area contributed by atoms with Gasteiger partial charge in [0, 0.05) is 12.8 Å². The minimum absolute atomic E-state index is 0.0491. The number of carbonyl (C=O) groups excluding carboxylic acids is 3. The van der Waals surface area contributed by atoms with Crippen molar-refractivity contribution in [2.45, 2.75) is 32.7 Å². The molecule has 2 amide bonds. The molecule has 0 aromatic carbocycles. The molecular weight excluding hydrogens is 290 g/mol. The summed E-state index contributed by atoms with van der Waals surface area (Å²) < 4.78 is 4.87. The van der Waals surface area contributed by atoms with Gasteiger partial charge < -0.3 is 4.74 Å². The van der Waals surface area contributed by atoms with Crippen molar-refractivity contribution < 1.29 is 19.1 Å². The topological polar surface area (TPSA) is 63.7 Å². The maximum Gasteiger partial charge on any atom is 0.416 e. The summed E-state index contributed by atoms with van der Waals surface area (Å²) in [6.45, 7) is 4.10. The van der Waals surface area contributed by atoms with E-state index in [0.29, 0.717) is 0 Å². The van der Waals surface area contributed by atoms with E-state index < -0.39 is 6.09 Å². The molecule has 0 bridgehead atoms. The number of hydrogen-bond donors (Lipinski definition) is 0. The largest absolute Gasteiger partial charge is 0.447 e. The van der Waals surface area contributed by atoms with Gasteiger partial charge in [-0.25, -0.2) is 9.69 Å². The standard InChI is InChI=1S/C11H16BrNO4/c1-7(2)9-6-17-11(16)13(9)10(15)4-3-8(14)5-12/h7,9H,3-6H2,1-2H3. The molecule has 0 radical (unpaired) electrons. The number of alkyl halides is 1. The normalized spacial score (nSPS) is 19.6. The van der Waals surface area contributed by atoms with Gasteiger partial charge in [0.25, 0.3) is 0 Å². The molecule has 17 heavy (non-hydrogen) atoms. The molecule has 1 unspecified atom stereocenters. The summed E-state index contributed by atoms with van der Waals surface area (Å²) in [6.07, 6.45) is -0.387. The number of ketones is 1. The minimum atomic E-state index is -0.597. The Morgan fingerprint density at radius 3 is 2.65 bits per heavy atom. The molecule has 0 spiro atoms. The van der Waals surface area contributed by atoms with Gasteiger partial charge in [0.2, 0.25) is 5.91 Å². The Morgan fingerprint density at radius 2 is 2.12 bits per heavy atom. The van der Waals surface area contributed by atoms with Crippen molar-refractivity contribution in [2.24, 2.45) is 5.92 Å². The molecule has 6 heteroatoms. The third-order valence-electron chi connectivity index (χ3n) is 2.71. The first kappa shape index (κ1) is 14.2. The summed E-state index contributed by atoms with van der Waals surface area (Å²) in [5.74, 6) is -0.232. The van der Waals surface area contributed by atoms with Crippen LogP contribution in [0.4, 0.5) is 4.79 Å². The van der Waals surface area contributed by atoms with Crippen LogP contribution in [-0.4, -0.2) is 40.7 Å². The molecule has 5 nitrogen and oxygen atoms in total. The van der Waals surface area contributed by atoms with Crippen LogP contribution >= 0.6 is 15.9 Å². The lowest BCUT2D eigenvalue weighted by atomic mass is 10.0. The SMILES string of the molecule is CC(C)C1COC(=O)N1C(=O)CCC(=O)CBr. The van der Waals surface area contributed by atoms with Crippen LogP contribution in [0.5, 0.6) is 0 Å². The molecule has 1 saturated heterocycles. The number of cyclic esters (lactones) is 1. The highest BCUT2D eigenvalue weighted by Crippen LogP contribution is 2.20. The Kier molecular flexibility index (Phi) is 5.11. The molecule has 0 saturated carbocycles. The minimum Gasteiger partial charge on any atom is -0.447 e. The van der Waals surface area contributed by atoms with Crippen molar-refractivity contribution in [3.05, 3.63) is 0 Å². The van der Waals surface area contributed by atoms with E-state index in [2.05, 4.69) is 15.9 Å². The van der Waals surface area contributed by atoms with Crippen molar-refractivity contribution in [3.8, 4) is 0 Å². The van der Waals surface area contributed by atoms with Gasteiger partial charge in [0.05, 0.1) is 11.4 Å². The Balaban J connectivity index is 2.59. The van der Waals surface area contributed by atoms with E-state index in [4.69, 9.17) is 4.74 Å². The van der Waals surface area contributed by atoms with Crippen molar-refractivity contribution in [2.75, 3.05) is 11.9 Å². The van der Waals surface area contributed by atoms with Crippen molar-refractivity contribution >= 4 is 33.7 Å². The fourth-order valence-corrected chi connectivity index (χ4v) is 1.93. The smallest absolute Gasteiger partial charge is 0.416 e. The molecular formula is C11H16BrNO4. The van der Waals surface area contributed by atoms with Crippen molar-refractivity contribution in [1.29, 1.82) is 0 Å². The van der Waals surface area contributed by atoms with Crippen LogP contribution in [0, 0.1) is 5.92 Å². The number of Topliss-reactive ketones (excluding diaryl/α,β-unsaturated/α-hetero) is 1. The van der Waals surface area contributed by atoms with Crippen LogP contribution in [-0.2, 0) is 14.3 Å². The first-order valence-electron chi connectivity index (χ1n) is 5.53.